The third-order valence-electron chi connectivity index (χ3n) is 2.08. The molecule has 3 nitrogen and oxygen atoms in total. The second-order valence-electron chi connectivity index (χ2n) is 3.53. The number of nitrogens with zero attached hydrogens (tertiary/aromatic N) is 1. The van der Waals surface area contributed by atoms with Crippen molar-refractivity contribution >= 4 is 50.8 Å². The predicted molar refractivity (Wildman–Crippen MR) is 78.3 cm³/mol. The number of hydrogen-bond acceptors (Lipinski definition) is 4. The van der Waals surface area contributed by atoms with Crippen LogP contribution in [0.15, 0.2) is 40.2 Å². The molecule has 0 radical (unpaired) electrons. The monoisotopic (exact) mass is 298 g/mol. The minimum absolute atomic E-state index is 0.0685. The average molecular weight is 299 g/mol. The van der Waals surface area contributed by atoms with E-state index in [2.05, 4.69) is 16.9 Å². The number of carbonyl (C=O) groups is 1. The van der Waals surface area contributed by atoms with Crippen molar-refractivity contribution in [1.29, 1.82) is 0 Å². The van der Waals surface area contributed by atoms with E-state index >= 15 is 0 Å². The van der Waals surface area contributed by atoms with Crippen LogP contribution >= 0.6 is 34.7 Å². The van der Waals surface area contributed by atoms with E-state index in [0.717, 1.165) is 14.6 Å². The van der Waals surface area contributed by atoms with Gasteiger partial charge in [0.05, 0.1) is 22.5 Å². The van der Waals surface area contributed by atoms with E-state index in [1.807, 2.05) is 24.3 Å². The fourth-order valence-electron chi connectivity index (χ4n) is 1.29. The molecule has 0 atom stereocenters. The van der Waals surface area contributed by atoms with Gasteiger partial charge in [0, 0.05) is 5.03 Å². The van der Waals surface area contributed by atoms with Crippen molar-refractivity contribution in [3.8, 4) is 0 Å². The highest BCUT2D eigenvalue weighted by Gasteiger charge is 2.07. The van der Waals surface area contributed by atoms with Crippen molar-refractivity contribution in [2.24, 2.45) is 0 Å². The normalized spacial score (nSPS) is 10.5. The largest absolute Gasteiger partial charge is 0.350 e. The summed E-state index contributed by atoms with van der Waals surface area (Å²) < 4.78 is 2.03. The topological polar surface area (TPSA) is 42.0 Å². The zero-order valence-corrected chi connectivity index (χ0v) is 11.9. The molecule has 0 saturated carbocycles. The first-order valence-electron chi connectivity index (χ1n) is 5.23. The summed E-state index contributed by atoms with van der Waals surface area (Å²) in [4.78, 5) is 15.9. The number of para-hydroxylation sites is 1. The quantitative estimate of drug-likeness (QED) is 0.862. The summed E-state index contributed by atoms with van der Waals surface area (Å²) in [6.07, 6.45) is 0. The molecule has 1 heterocycles. The van der Waals surface area contributed by atoms with E-state index in [4.69, 9.17) is 11.6 Å². The Bertz CT molecular complexity index is 549. The van der Waals surface area contributed by atoms with Crippen LogP contribution < -0.4 is 5.32 Å². The number of carbonyl (C=O) groups excluding carboxylic acids is 1. The van der Waals surface area contributed by atoms with Gasteiger partial charge < -0.3 is 5.32 Å². The predicted octanol–water partition coefficient (Wildman–Crippen LogP) is 3.26. The van der Waals surface area contributed by atoms with Crippen molar-refractivity contribution < 1.29 is 4.79 Å². The van der Waals surface area contributed by atoms with Crippen molar-refractivity contribution in [3.63, 3.8) is 0 Å². The molecular weight excluding hydrogens is 288 g/mol. The summed E-state index contributed by atoms with van der Waals surface area (Å²) in [5, 5.41) is 3.10. The average Bonchev–Trinajstić information content (AvgIpc) is 2.76. The Labute approximate surface area is 118 Å². The molecular formula is C12H11ClN2OS2. The van der Waals surface area contributed by atoms with E-state index in [1.165, 1.54) is 11.8 Å². The van der Waals surface area contributed by atoms with Gasteiger partial charge in [0.25, 0.3) is 0 Å². The molecule has 0 aliphatic rings. The van der Waals surface area contributed by atoms with Crippen molar-refractivity contribution in [2.45, 2.75) is 4.34 Å². The smallest absolute Gasteiger partial charge is 0.230 e. The SMILES string of the molecule is C=C(Cl)CNC(=O)CSc1nc2ccccc2s1. The molecule has 18 heavy (non-hydrogen) atoms. The molecule has 0 bridgehead atoms. The minimum Gasteiger partial charge on any atom is -0.350 e. The Hall–Kier alpha value is -1.04. The van der Waals surface area contributed by atoms with Crippen LogP contribution in [0.1, 0.15) is 0 Å². The molecule has 0 spiro atoms. The number of benzene rings is 1. The molecule has 0 aliphatic carbocycles. The summed E-state index contributed by atoms with van der Waals surface area (Å²) in [5.41, 5.74) is 0.972. The summed E-state index contributed by atoms with van der Waals surface area (Å²) in [6, 6.07) is 7.92. The zero-order valence-electron chi connectivity index (χ0n) is 9.48. The zero-order chi connectivity index (χ0) is 13.0. The van der Waals surface area contributed by atoms with Crippen LogP contribution in [-0.2, 0) is 4.79 Å². The third-order valence-corrected chi connectivity index (χ3v) is 4.39. The second-order valence-corrected chi connectivity index (χ2v) is 6.32. The molecule has 2 rings (SSSR count). The molecule has 94 valence electrons. The minimum atomic E-state index is -0.0685. The lowest BCUT2D eigenvalue weighted by Crippen LogP contribution is -2.26. The molecule has 1 aromatic carbocycles. The van der Waals surface area contributed by atoms with Crippen molar-refractivity contribution in [3.05, 3.63) is 35.9 Å². The lowest BCUT2D eigenvalue weighted by Gasteiger charge is -2.01. The number of rotatable bonds is 5. The first-order chi connectivity index (χ1) is 8.65. The highest BCUT2D eigenvalue weighted by Crippen LogP contribution is 2.28. The number of hydrogen-bond donors (Lipinski definition) is 1. The van der Waals surface area contributed by atoms with Gasteiger partial charge in [-0.25, -0.2) is 4.98 Å². The van der Waals surface area contributed by atoms with Crippen molar-refractivity contribution in [1.82, 2.24) is 10.3 Å². The number of fused-ring (bicyclic) bond motifs is 1. The molecule has 6 heteroatoms. The van der Waals surface area contributed by atoms with Gasteiger partial charge in [-0.15, -0.1) is 11.3 Å². The van der Waals surface area contributed by atoms with Gasteiger partial charge in [-0.2, -0.15) is 0 Å². The standard InChI is InChI=1S/C12H11ClN2OS2/c1-8(13)6-14-11(16)7-17-12-15-9-4-2-3-5-10(9)18-12/h2-5H,1,6-7H2,(H,14,16). The number of halogens is 1. The molecule has 0 aliphatic heterocycles. The van der Waals surface area contributed by atoms with Crippen LogP contribution in [0.25, 0.3) is 10.2 Å². The number of amides is 1. The maximum Gasteiger partial charge on any atom is 0.230 e. The Kier molecular flexibility index (Phi) is 4.63. The highest BCUT2D eigenvalue weighted by molar-refractivity contribution is 8.01. The summed E-state index contributed by atoms with van der Waals surface area (Å²) in [6.45, 7) is 3.81. The van der Waals surface area contributed by atoms with Gasteiger partial charge in [0.15, 0.2) is 4.34 Å². The van der Waals surface area contributed by atoms with Crippen LogP contribution in [0.4, 0.5) is 0 Å². The molecule has 0 unspecified atom stereocenters. The van der Waals surface area contributed by atoms with E-state index in [1.54, 1.807) is 11.3 Å². The molecule has 1 amide bonds. The second kappa shape index (κ2) is 6.22. The first kappa shape index (κ1) is 13.4. The van der Waals surface area contributed by atoms with Gasteiger partial charge in [0.1, 0.15) is 0 Å². The maximum atomic E-state index is 11.5. The molecule has 1 aromatic heterocycles. The lowest BCUT2D eigenvalue weighted by atomic mass is 10.3. The third kappa shape index (κ3) is 3.73. The highest BCUT2D eigenvalue weighted by atomic mass is 35.5. The molecule has 1 N–H and O–H groups in total. The number of thioether (sulfide) groups is 1. The Balaban J connectivity index is 1.90. The molecule has 0 fully saturated rings. The van der Waals surface area contributed by atoms with Crippen LogP contribution in [0, 0.1) is 0 Å². The lowest BCUT2D eigenvalue weighted by molar-refractivity contribution is -0.118. The van der Waals surface area contributed by atoms with Crippen LogP contribution in [0.2, 0.25) is 0 Å². The van der Waals surface area contributed by atoms with E-state index in [0.29, 0.717) is 17.3 Å². The maximum absolute atomic E-state index is 11.5. The Morgan fingerprint density at radius 3 is 3.00 bits per heavy atom. The van der Waals surface area contributed by atoms with Gasteiger partial charge in [-0.3, -0.25) is 4.79 Å². The molecule has 2 aromatic rings. The van der Waals surface area contributed by atoms with Gasteiger partial charge in [0.2, 0.25) is 5.91 Å². The molecule has 0 saturated heterocycles. The summed E-state index contributed by atoms with van der Waals surface area (Å²) in [5.74, 6) is 0.269. The van der Waals surface area contributed by atoms with Crippen LogP contribution in [0.5, 0.6) is 0 Å². The van der Waals surface area contributed by atoms with E-state index in [-0.39, 0.29) is 5.91 Å². The van der Waals surface area contributed by atoms with E-state index < -0.39 is 0 Å². The van der Waals surface area contributed by atoms with Gasteiger partial charge in [-0.05, 0) is 12.1 Å². The van der Waals surface area contributed by atoms with Gasteiger partial charge >= 0.3 is 0 Å². The van der Waals surface area contributed by atoms with Gasteiger partial charge in [-0.1, -0.05) is 42.1 Å². The number of thiazole rings is 1. The van der Waals surface area contributed by atoms with Crippen LogP contribution in [0.3, 0.4) is 0 Å². The fourth-order valence-corrected chi connectivity index (χ4v) is 3.25. The van der Waals surface area contributed by atoms with E-state index in [9.17, 15) is 4.79 Å². The fraction of sp³-hybridized carbons (Fsp3) is 0.167. The Morgan fingerprint density at radius 2 is 2.28 bits per heavy atom. The number of nitrogens with one attached hydrogen (secondary N) is 1. The first-order valence-corrected chi connectivity index (χ1v) is 7.41. The number of aromatic nitrogens is 1. The Morgan fingerprint density at radius 1 is 1.50 bits per heavy atom. The van der Waals surface area contributed by atoms with Crippen molar-refractivity contribution in [2.75, 3.05) is 12.3 Å². The summed E-state index contributed by atoms with van der Waals surface area (Å²) >= 11 is 8.59. The van der Waals surface area contributed by atoms with Crippen LogP contribution in [-0.4, -0.2) is 23.2 Å². The summed E-state index contributed by atoms with van der Waals surface area (Å²) in [7, 11) is 0.